The van der Waals surface area contributed by atoms with E-state index in [1.165, 1.54) is 5.56 Å². The molecule has 0 spiro atoms. The summed E-state index contributed by atoms with van der Waals surface area (Å²) in [5.41, 5.74) is 2.20. The summed E-state index contributed by atoms with van der Waals surface area (Å²) in [6.07, 6.45) is 11.1. The van der Waals surface area contributed by atoms with Crippen molar-refractivity contribution in [3.8, 4) is 12.4 Å². The number of rotatable bonds is 3. The molecule has 4 heterocycles. The van der Waals surface area contributed by atoms with E-state index in [9.17, 15) is 8.42 Å². The zero-order chi connectivity index (χ0) is 25.7. The fraction of sp³-hybridized carbons (Fsp3) is 0.455. The van der Waals surface area contributed by atoms with Crippen LogP contribution in [0.1, 0.15) is 36.8 Å². The molecule has 188 valence electrons. The predicted octanol–water partition coefficient (Wildman–Crippen LogP) is 5.79. The lowest BCUT2D eigenvalue weighted by Crippen LogP contribution is -2.18. The van der Waals surface area contributed by atoms with E-state index < -0.39 is 19.5 Å². The normalized spacial score (nSPS) is 21.8. The molecule has 0 bridgehead atoms. The van der Waals surface area contributed by atoms with E-state index in [1.54, 1.807) is 36.9 Å². The minimum absolute atomic E-state index is 0.0369. The van der Waals surface area contributed by atoms with Crippen LogP contribution in [0.4, 0.5) is 0 Å². The molecule has 0 aliphatic carbocycles. The topological polar surface area (TPSA) is 132 Å². The third kappa shape index (κ3) is 10.2. The second-order valence-corrected chi connectivity index (χ2v) is 14.5. The third-order valence-electron chi connectivity index (χ3n) is 5.26. The molecule has 2 aliphatic heterocycles. The first kappa shape index (κ1) is 29.7. The van der Waals surface area contributed by atoms with Crippen molar-refractivity contribution in [2.75, 3.05) is 17.3 Å². The number of alkyl halides is 1. The summed E-state index contributed by atoms with van der Waals surface area (Å²) in [6, 6.07) is 7.37. The molecular weight excluding hydrogens is 642 g/mol. The van der Waals surface area contributed by atoms with Crippen molar-refractivity contribution < 1.29 is 8.42 Å². The Balaban J connectivity index is 0.000000203. The zero-order valence-corrected chi connectivity index (χ0v) is 24.2. The molecule has 0 aromatic carbocycles. The van der Waals surface area contributed by atoms with Crippen molar-refractivity contribution in [1.82, 2.24) is 9.97 Å². The molecule has 2 aromatic rings. The summed E-state index contributed by atoms with van der Waals surface area (Å²) in [6.45, 7) is 0. The molecule has 2 atom stereocenters. The summed E-state index contributed by atoms with van der Waals surface area (Å²) in [5.74, 6) is 1.79. The van der Waals surface area contributed by atoms with E-state index in [0.717, 1.165) is 35.7 Å². The van der Waals surface area contributed by atoms with Crippen LogP contribution in [0.2, 0.25) is 10.3 Å². The molecule has 2 aromatic heterocycles. The number of halogens is 3. The van der Waals surface area contributed by atoms with Crippen LogP contribution in [0, 0.1) is 22.9 Å². The highest BCUT2D eigenvalue weighted by Gasteiger charge is 2.29. The van der Waals surface area contributed by atoms with Gasteiger partial charge in [-0.1, -0.05) is 57.9 Å². The molecule has 0 amide bonds. The average molecular weight is 667 g/mol. The van der Waals surface area contributed by atoms with Gasteiger partial charge in [0.25, 0.3) is 0 Å². The van der Waals surface area contributed by atoms with Crippen LogP contribution in [0.5, 0.6) is 0 Å². The van der Waals surface area contributed by atoms with Gasteiger partial charge in [0.15, 0.2) is 0 Å². The number of pyridine rings is 2. The predicted molar refractivity (Wildman–Crippen MR) is 149 cm³/mol. The van der Waals surface area contributed by atoms with Gasteiger partial charge in [-0.25, -0.2) is 18.4 Å². The quantitative estimate of drug-likeness (QED) is 0.176. The van der Waals surface area contributed by atoms with Gasteiger partial charge in [0.05, 0.1) is 19.5 Å². The van der Waals surface area contributed by atoms with Gasteiger partial charge in [0.1, 0.15) is 10.3 Å². The Labute approximate surface area is 231 Å². The Morgan fingerprint density at radius 3 is 1.97 bits per heavy atom. The zero-order valence-electron chi connectivity index (χ0n) is 18.9. The maximum absolute atomic E-state index is 12.4. The molecule has 0 radical (unpaired) electrons. The molecule has 35 heavy (non-hydrogen) atoms. The lowest BCUT2D eigenvalue weighted by atomic mass is 10.1. The molecule has 8 nitrogen and oxygen atoms in total. The second kappa shape index (κ2) is 14.9. The summed E-state index contributed by atoms with van der Waals surface area (Å²) in [5, 5.41) is 17.7. The van der Waals surface area contributed by atoms with Crippen LogP contribution in [-0.4, -0.2) is 40.9 Å². The molecule has 2 saturated heterocycles. The van der Waals surface area contributed by atoms with Gasteiger partial charge in [-0.05, 0) is 55.4 Å². The van der Waals surface area contributed by atoms with Gasteiger partial charge < -0.3 is 0 Å². The molecule has 0 N–H and O–H groups in total. The number of nitriles is 2. The minimum atomic E-state index is -2.35. The van der Waals surface area contributed by atoms with E-state index >= 15 is 0 Å². The van der Waals surface area contributed by atoms with Crippen molar-refractivity contribution in [2.24, 2.45) is 8.73 Å². The second-order valence-electron chi connectivity index (χ2n) is 7.74. The summed E-state index contributed by atoms with van der Waals surface area (Å²) in [4.78, 5) is 7.90. The Hall–Kier alpha value is -1.51. The smallest absolute Gasteiger partial charge is 0.214 e. The molecular formula is C22H25Cl2IN6O2S2. The highest BCUT2D eigenvalue weighted by Crippen LogP contribution is 2.26. The molecule has 2 fully saturated rings. The summed E-state index contributed by atoms with van der Waals surface area (Å²) in [7, 11) is -4.39. The maximum atomic E-state index is 12.4. The summed E-state index contributed by atoms with van der Waals surface area (Å²) < 4.78 is 31.6. The van der Waals surface area contributed by atoms with Gasteiger partial charge in [0, 0.05) is 39.3 Å². The third-order valence-corrected chi connectivity index (χ3v) is 11.6. The SMILES string of the molecule is Clc1ccc(CI)cn1.N#CN=S1(=O)CCCC1.N#CN=S1(=O)CCCC1Cc1ccc(Cl)nc1. The molecule has 13 heteroatoms. The Morgan fingerprint density at radius 1 is 0.914 bits per heavy atom. The molecule has 0 saturated carbocycles. The molecule has 2 aliphatic rings. The minimum Gasteiger partial charge on any atom is -0.249 e. The Kier molecular flexibility index (Phi) is 12.7. The van der Waals surface area contributed by atoms with Gasteiger partial charge >= 0.3 is 0 Å². The maximum Gasteiger partial charge on any atom is 0.214 e. The van der Waals surface area contributed by atoms with Gasteiger partial charge in [-0.2, -0.15) is 10.5 Å². The van der Waals surface area contributed by atoms with Crippen LogP contribution in [-0.2, 0) is 30.3 Å². The van der Waals surface area contributed by atoms with Crippen LogP contribution in [0.25, 0.3) is 0 Å². The van der Waals surface area contributed by atoms with E-state index in [4.69, 9.17) is 33.7 Å². The van der Waals surface area contributed by atoms with Crippen molar-refractivity contribution in [1.29, 1.82) is 10.5 Å². The lowest BCUT2D eigenvalue weighted by molar-refractivity contribution is 0.667. The Bertz CT molecular complexity index is 1280. The first-order chi connectivity index (χ1) is 16.7. The highest BCUT2D eigenvalue weighted by molar-refractivity contribution is 14.1. The van der Waals surface area contributed by atoms with Gasteiger partial charge in [0.2, 0.25) is 12.4 Å². The van der Waals surface area contributed by atoms with Crippen molar-refractivity contribution in [2.45, 2.75) is 41.8 Å². The van der Waals surface area contributed by atoms with E-state index in [0.29, 0.717) is 34.0 Å². The van der Waals surface area contributed by atoms with Crippen LogP contribution in [0.3, 0.4) is 0 Å². The van der Waals surface area contributed by atoms with Gasteiger partial charge in [-0.15, -0.1) is 8.73 Å². The van der Waals surface area contributed by atoms with Crippen molar-refractivity contribution in [3.05, 3.63) is 58.1 Å². The summed E-state index contributed by atoms with van der Waals surface area (Å²) >= 11 is 13.5. The lowest BCUT2D eigenvalue weighted by Gasteiger charge is -2.11. The fourth-order valence-electron chi connectivity index (χ4n) is 3.49. The number of nitrogens with zero attached hydrogens (tertiary/aromatic N) is 6. The Morgan fingerprint density at radius 2 is 1.49 bits per heavy atom. The standard InChI is InChI=1S/C11H12ClN3OS.C6H5ClIN.C5H8N2OS/c12-11-4-3-9(7-14-11)6-10-2-1-5-17(10,16)15-8-13;7-6-2-1-5(3-8)4-9-6;6-5-7-9(8)3-1-2-4-9/h3-4,7,10H,1-2,5-6H2;1-2,4H,3H2;1-4H2. The largest absolute Gasteiger partial charge is 0.249 e. The first-order valence-corrected chi connectivity index (χ1v) is 16.6. The van der Waals surface area contributed by atoms with Crippen LogP contribution in [0.15, 0.2) is 45.4 Å². The van der Waals surface area contributed by atoms with Crippen molar-refractivity contribution in [3.63, 3.8) is 0 Å². The average Bonchev–Trinajstić information content (AvgIpc) is 3.43. The molecule has 2 unspecified atom stereocenters. The van der Waals surface area contributed by atoms with Crippen LogP contribution < -0.4 is 0 Å². The fourth-order valence-corrected chi connectivity index (χ4v) is 8.29. The number of hydrogen-bond donors (Lipinski definition) is 0. The molecule has 4 rings (SSSR count). The van der Waals surface area contributed by atoms with E-state index in [2.05, 4.69) is 41.3 Å². The van der Waals surface area contributed by atoms with Crippen LogP contribution >= 0.6 is 45.8 Å². The number of hydrogen-bond acceptors (Lipinski definition) is 8. The highest BCUT2D eigenvalue weighted by atomic mass is 127. The van der Waals surface area contributed by atoms with E-state index in [-0.39, 0.29) is 5.25 Å². The van der Waals surface area contributed by atoms with E-state index in [1.807, 2.05) is 12.1 Å². The number of aromatic nitrogens is 2. The first-order valence-electron chi connectivity index (χ1n) is 10.7. The van der Waals surface area contributed by atoms with Crippen molar-refractivity contribution >= 4 is 65.3 Å². The van der Waals surface area contributed by atoms with Gasteiger partial charge in [-0.3, -0.25) is 0 Å². The monoisotopic (exact) mass is 666 g/mol.